The molecule has 0 aliphatic heterocycles. The molecule has 0 radical (unpaired) electrons. The summed E-state index contributed by atoms with van der Waals surface area (Å²) in [6, 6.07) is 7.92. The Kier molecular flexibility index (Phi) is 3.66. The minimum absolute atomic E-state index is 0.109. The number of benzene rings is 1. The topological polar surface area (TPSA) is 47.7 Å². The molecular formula is C15H16ClN5. The van der Waals surface area contributed by atoms with Crippen molar-refractivity contribution in [2.24, 2.45) is 7.05 Å². The zero-order chi connectivity index (χ0) is 14.8. The molecule has 2 heterocycles. The predicted molar refractivity (Wildman–Crippen MR) is 83.8 cm³/mol. The molecule has 1 aromatic carbocycles. The summed E-state index contributed by atoms with van der Waals surface area (Å²) in [5.41, 5.74) is 2.95. The number of anilines is 1. The van der Waals surface area contributed by atoms with Crippen LogP contribution in [-0.4, -0.2) is 19.3 Å². The molecule has 0 spiro atoms. The Hall–Kier alpha value is -2.27. The number of para-hydroxylation sites is 1. The summed E-state index contributed by atoms with van der Waals surface area (Å²) in [5.74, 6) is 0. The molecule has 0 aliphatic rings. The monoisotopic (exact) mass is 301 g/mol. The van der Waals surface area contributed by atoms with E-state index in [9.17, 15) is 0 Å². The van der Waals surface area contributed by atoms with Crippen molar-refractivity contribution in [1.82, 2.24) is 19.3 Å². The third-order valence-electron chi connectivity index (χ3n) is 3.42. The molecule has 3 rings (SSSR count). The zero-order valence-electron chi connectivity index (χ0n) is 11.9. The Labute approximate surface area is 128 Å². The lowest BCUT2D eigenvalue weighted by Crippen LogP contribution is -2.13. The number of halogens is 1. The fraction of sp³-hybridized carbons (Fsp3) is 0.200. The SMILES string of the molecule is CC(Nc1cccc(Cl)c1-n1ccnc1)c1ccnn1C. The van der Waals surface area contributed by atoms with E-state index < -0.39 is 0 Å². The fourth-order valence-electron chi connectivity index (χ4n) is 2.40. The first-order valence-electron chi connectivity index (χ1n) is 6.68. The van der Waals surface area contributed by atoms with Gasteiger partial charge in [0, 0.05) is 25.6 Å². The molecule has 2 aromatic heterocycles. The second-order valence-electron chi connectivity index (χ2n) is 4.85. The van der Waals surface area contributed by atoms with Crippen LogP contribution in [0.25, 0.3) is 5.69 Å². The Morgan fingerprint density at radius 2 is 2.10 bits per heavy atom. The third kappa shape index (κ3) is 2.64. The molecular weight excluding hydrogens is 286 g/mol. The quantitative estimate of drug-likeness (QED) is 0.803. The summed E-state index contributed by atoms with van der Waals surface area (Å²) in [5, 5.41) is 8.37. The van der Waals surface area contributed by atoms with Crippen LogP contribution in [0.4, 0.5) is 5.69 Å². The second-order valence-corrected chi connectivity index (χ2v) is 5.26. The summed E-state index contributed by atoms with van der Waals surface area (Å²) in [4.78, 5) is 4.09. The number of aromatic nitrogens is 4. The molecule has 0 amide bonds. The van der Waals surface area contributed by atoms with Crippen molar-refractivity contribution in [3.05, 3.63) is 59.9 Å². The van der Waals surface area contributed by atoms with Gasteiger partial charge in [-0.2, -0.15) is 5.10 Å². The van der Waals surface area contributed by atoms with E-state index in [0.29, 0.717) is 5.02 Å². The summed E-state index contributed by atoms with van der Waals surface area (Å²) in [6.07, 6.45) is 7.14. The molecule has 0 bridgehead atoms. The van der Waals surface area contributed by atoms with Gasteiger partial charge in [0.2, 0.25) is 0 Å². The molecule has 108 valence electrons. The standard InChI is InChI=1S/C15H16ClN5/c1-11(14-6-7-18-20(14)2)19-13-5-3-4-12(16)15(13)21-9-8-17-10-21/h3-11,19H,1-2H3. The van der Waals surface area contributed by atoms with Gasteiger partial charge in [-0.15, -0.1) is 0 Å². The van der Waals surface area contributed by atoms with Crippen LogP contribution in [0.15, 0.2) is 49.2 Å². The predicted octanol–water partition coefficient (Wildman–Crippen LogP) is 3.43. The number of imidazole rings is 1. The number of aryl methyl sites for hydroxylation is 1. The first-order valence-corrected chi connectivity index (χ1v) is 7.06. The highest BCUT2D eigenvalue weighted by molar-refractivity contribution is 6.33. The Balaban J connectivity index is 1.96. The van der Waals surface area contributed by atoms with Crippen molar-refractivity contribution in [1.29, 1.82) is 0 Å². The van der Waals surface area contributed by atoms with E-state index in [0.717, 1.165) is 17.1 Å². The van der Waals surface area contributed by atoms with Crippen LogP contribution in [-0.2, 0) is 7.05 Å². The van der Waals surface area contributed by atoms with E-state index >= 15 is 0 Å². The van der Waals surface area contributed by atoms with Gasteiger partial charge in [-0.1, -0.05) is 17.7 Å². The lowest BCUT2D eigenvalue weighted by atomic mass is 10.2. The second kappa shape index (κ2) is 5.61. The maximum atomic E-state index is 6.35. The lowest BCUT2D eigenvalue weighted by molar-refractivity contribution is 0.675. The Morgan fingerprint density at radius 1 is 1.24 bits per heavy atom. The highest BCUT2D eigenvalue weighted by Crippen LogP contribution is 2.30. The normalized spacial score (nSPS) is 12.3. The highest BCUT2D eigenvalue weighted by Gasteiger charge is 2.14. The maximum absolute atomic E-state index is 6.35. The van der Waals surface area contributed by atoms with Gasteiger partial charge in [-0.25, -0.2) is 4.98 Å². The van der Waals surface area contributed by atoms with Gasteiger partial charge in [0.1, 0.15) is 0 Å². The van der Waals surface area contributed by atoms with Crippen LogP contribution in [0, 0.1) is 0 Å². The summed E-state index contributed by atoms with van der Waals surface area (Å²) in [7, 11) is 1.93. The largest absolute Gasteiger partial charge is 0.375 e. The zero-order valence-corrected chi connectivity index (χ0v) is 12.6. The van der Waals surface area contributed by atoms with Gasteiger partial charge in [-0.05, 0) is 25.1 Å². The molecule has 1 unspecified atom stereocenters. The Morgan fingerprint density at radius 3 is 2.76 bits per heavy atom. The minimum Gasteiger partial charge on any atom is -0.375 e. The minimum atomic E-state index is 0.109. The van der Waals surface area contributed by atoms with Crippen molar-refractivity contribution < 1.29 is 0 Å². The fourth-order valence-corrected chi connectivity index (χ4v) is 2.67. The summed E-state index contributed by atoms with van der Waals surface area (Å²) in [6.45, 7) is 2.09. The molecule has 0 aliphatic carbocycles. The van der Waals surface area contributed by atoms with E-state index in [-0.39, 0.29) is 6.04 Å². The van der Waals surface area contributed by atoms with Crippen molar-refractivity contribution in [2.75, 3.05) is 5.32 Å². The molecule has 0 saturated carbocycles. The molecule has 3 aromatic rings. The highest BCUT2D eigenvalue weighted by atomic mass is 35.5. The van der Waals surface area contributed by atoms with E-state index in [1.807, 2.05) is 46.8 Å². The van der Waals surface area contributed by atoms with Crippen molar-refractivity contribution in [3.63, 3.8) is 0 Å². The van der Waals surface area contributed by atoms with Gasteiger partial charge in [-0.3, -0.25) is 4.68 Å². The molecule has 21 heavy (non-hydrogen) atoms. The molecule has 1 N–H and O–H groups in total. The number of hydrogen-bond donors (Lipinski definition) is 1. The van der Waals surface area contributed by atoms with Crippen LogP contribution in [0.1, 0.15) is 18.7 Å². The number of nitrogens with zero attached hydrogens (tertiary/aromatic N) is 4. The lowest BCUT2D eigenvalue weighted by Gasteiger charge is -2.19. The number of rotatable bonds is 4. The van der Waals surface area contributed by atoms with Gasteiger partial charge in [0.25, 0.3) is 0 Å². The van der Waals surface area contributed by atoms with E-state index in [4.69, 9.17) is 11.6 Å². The van der Waals surface area contributed by atoms with E-state index in [1.165, 1.54) is 0 Å². The van der Waals surface area contributed by atoms with Crippen LogP contribution in [0.5, 0.6) is 0 Å². The van der Waals surface area contributed by atoms with Crippen LogP contribution >= 0.6 is 11.6 Å². The Bertz CT molecular complexity index is 732. The van der Waals surface area contributed by atoms with Gasteiger partial charge < -0.3 is 9.88 Å². The molecule has 0 saturated heterocycles. The van der Waals surface area contributed by atoms with E-state index in [2.05, 4.69) is 22.3 Å². The molecule has 6 heteroatoms. The van der Waals surface area contributed by atoms with Crippen LogP contribution < -0.4 is 5.32 Å². The number of nitrogens with one attached hydrogen (secondary N) is 1. The smallest absolute Gasteiger partial charge is 0.0992 e. The average molecular weight is 302 g/mol. The van der Waals surface area contributed by atoms with Crippen LogP contribution in [0.3, 0.4) is 0 Å². The summed E-state index contributed by atoms with van der Waals surface area (Å²) >= 11 is 6.35. The van der Waals surface area contributed by atoms with Crippen molar-refractivity contribution in [2.45, 2.75) is 13.0 Å². The molecule has 5 nitrogen and oxygen atoms in total. The first kappa shape index (κ1) is 13.7. The number of hydrogen-bond acceptors (Lipinski definition) is 3. The molecule has 1 atom stereocenters. The van der Waals surface area contributed by atoms with Gasteiger partial charge >= 0.3 is 0 Å². The van der Waals surface area contributed by atoms with Crippen LogP contribution in [0.2, 0.25) is 5.02 Å². The third-order valence-corrected chi connectivity index (χ3v) is 3.73. The van der Waals surface area contributed by atoms with Gasteiger partial charge in [0.15, 0.2) is 0 Å². The van der Waals surface area contributed by atoms with Crippen molar-refractivity contribution in [3.8, 4) is 5.69 Å². The van der Waals surface area contributed by atoms with E-state index in [1.54, 1.807) is 18.7 Å². The molecule has 0 fully saturated rings. The van der Waals surface area contributed by atoms with Crippen molar-refractivity contribution >= 4 is 17.3 Å². The van der Waals surface area contributed by atoms with Gasteiger partial charge in [0.05, 0.1) is 34.5 Å². The first-order chi connectivity index (χ1) is 10.2. The maximum Gasteiger partial charge on any atom is 0.0992 e. The summed E-state index contributed by atoms with van der Waals surface area (Å²) < 4.78 is 3.76. The average Bonchev–Trinajstić information content (AvgIpc) is 3.10.